The van der Waals surface area contributed by atoms with Gasteiger partial charge >= 0.3 is 0 Å². The zero-order valence-electron chi connectivity index (χ0n) is 11.3. The number of halogens is 2. The maximum atomic E-state index is 10.6. The Bertz CT molecular complexity index is 577. The molecule has 0 aliphatic rings. The van der Waals surface area contributed by atoms with Crippen molar-refractivity contribution < 1.29 is 9.84 Å². The molecule has 1 atom stereocenters. The van der Waals surface area contributed by atoms with Crippen molar-refractivity contribution in [2.24, 2.45) is 0 Å². The zero-order chi connectivity index (χ0) is 14.7. The number of rotatable bonds is 4. The van der Waals surface area contributed by atoms with E-state index in [1.165, 1.54) is 0 Å². The number of para-hydroxylation sites is 1. The third-order valence-electron chi connectivity index (χ3n) is 2.85. The van der Waals surface area contributed by atoms with Crippen LogP contribution in [0.1, 0.15) is 31.1 Å². The van der Waals surface area contributed by atoms with Gasteiger partial charge in [0.2, 0.25) is 0 Å². The van der Waals surface area contributed by atoms with Crippen molar-refractivity contribution in [1.29, 1.82) is 0 Å². The highest BCUT2D eigenvalue weighted by atomic mass is 35.5. The summed E-state index contributed by atoms with van der Waals surface area (Å²) in [7, 11) is 0. The molecule has 4 heteroatoms. The minimum absolute atomic E-state index is 0.0186. The first-order chi connectivity index (χ1) is 9.50. The molecular formula is C16H16Cl2O2. The van der Waals surface area contributed by atoms with E-state index in [1.54, 1.807) is 18.2 Å². The van der Waals surface area contributed by atoms with E-state index in [0.717, 1.165) is 0 Å². The molecule has 2 rings (SSSR count). The first kappa shape index (κ1) is 15.2. The summed E-state index contributed by atoms with van der Waals surface area (Å²) in [5.74, 6) is 0.631. The molecule has 0 radical (unpaired) electrons. The average Bonchev–Trinajstić information content (AvgIpc) is 2.38. The number of aliphatic hydroxyl groups is 1. The van der Waals surface area contributed by atoms with Crippen LogP contribution in [0.4, 0.5) is 0 Å². The van der Waals surface area contributed by atoms with Crippen LogP contribution in [0.25, 0.3) is 0 Å². The fourth-order valence-electron chi connectivity index (χ4n) is 2.00. The van der Waals surface area contributed by atoms with Crippen LogP contribution >= 0.6 is 23.2 Å². The van der Waals surface area contributed by atoms with Gasteiger partial charge in [-0.25, -0.2) is 0 Å². The van der Waals surface area contributed by atoms with E-state index in [2.05, 4.69) is 0 Å². The van der Waals surface area contributed by atoms with Gasteiger partial charge < -0.3 is 9.84 Å². The van der Waals surface area contributed by atoms with Gasteiger partial charge in [0, 0.05) is 21.2 Å². The first-order valence-corrected chi connectivity index (χ1v) is 7.14. The lowest BCUT2D eigenvalue weighted by atomic mass is 10.0. The van der Waals surface area contributed by atoms with Crippen molar-refractivity contribution in [3.05, 3.63) is 63.6 Å². The molecule has 1 unspecified atom stereocenters. The van der Waals surface area contributed by atoms with Crippen LogP contribution in [-0.2, 0) is 0 Å². The van der Waals surface area contributed by atoms with Crippen LogP contribution in [0.2, 0.25) is 10.0 Å². The summed E-state index contributed by atoms with van der Waals surface area (Å²) in [6.45, 7) is 3.87. The summed E-state index contributed by atoms with van der Waals surface area (Å²) in [4.78, 5) is 0. The van der Waals surface area contributed by atoms with Crippen molar-refractivity contribution in [3.63, 3.8) is 0 Å². The standard InChI is InChI=1S/C16H16Cl2O2/c1-10(2)20-14-9-4-3-6-11(14)16(19)15-12(17)7-5-8-13(15)18/h3-10,16,19H,1-2H3. The molecule has 1 N–H and O–H groups in total. The zero-order valence-corrected chi connectivity index (χ0v) is 12.8. The van der Waals surface area contributed by atoms with E-state index < -0.39 is 6.10 Å². The van der Waals surface area contributed by atoms with Gasteiger partial charge in [-0.05, 0) is 32.0 Å². The van der Waals surface area contributed by atoms with Crippen molar-refractivity contribution in [2.45, 2.75) is 26.1 Å². The summed E-state index contributed by atoms with van der Waals surface area (Å²) in [6.07, 6.45) is -0.906. The molecule has 0 amide bonds. The van der Waals surface area contributed by atoms with E-state index in [9.17, 15) is 5.11 Å². The van der Waals surface area contributed by atoms with Crippen LogP contribution < -0.4 is 4.74 Å². The van der Waals surface area contributed by atoms with Crippen LogP contribution in [0.3, 0.4) is 0 Å². The lowest BCUT2D eigenvalue weighted by Crippen LogP contribution is -2.10. The first-order valence-electron chi connectivity index (χ1n) is 6.38. The van der Waals surface area contributed by atoms with Crippen LogP contribution in [-0.4, -0.2) is 11.2 Å². The highest BCUT2D eigenvalue weighted by molar-refractivity contribution is 6.36. The molecular weight excluding hydrogens is 295 g/mol. The summed E-state index contributed by atoms with van der Waals surface area (Å²) < 4.78 is 5.72. The molecule has 0 aromatic heterocycles. The van der Waals surface area contributed by atoms with E-state index in [4.69, 9.17) is 27.9 Å². The quantitative estimate of drug-likeness (QED) is 0.873. The molecule has 0 aliphatic carbocycles. The van der Waals surface area contributed by atoms with Crippen molar-refractivity contribution in [2.75, 3.05) is 0 Å². The summed E-state index contributed by atoms with van der Waals surface area (Å²) >= 11 is 12.3. The minimum Gasteiger partial charge on any atom is -0.491 e. The Hall–Kier alpha value is -1.22. The largest absolute Gasteiger partial charge is 0.491 e. The third kappa shape index (κ3) is 3.26. The second kappa shape index (κ2) is 6.49. The Morgan fingerprint density at radius 2 is 1.55 bits per heavy atom. The number of aliphatic hydroxyl groups excluding tert-OH is 1. The molecule has 20 heavy (non-hydrogen) atoms. The van der Waals surface area contributed by atoms with Crippen molar-refractivity contribution in [1.82, 2.24) is 0 Å². The van der Waals surface area contributed by atoms with Crippen LogP contribution in [0.15, 0.2) is 42.5 Å². The fourth-order valence-corrected chi connectivity index (χ4v) is 2.60. The summed E-state index contributed by atoms with van der Waals surface area (Å²) in [6, 6.07) is 12.5. The maximum absolute atomic E-state index is 10.6. The minimum atomic E-state index is -0.925. The third-order valence-corrected chi connectivity index (χ3v) is 3.51. The average molecular weight is 311 g/mol. The monoisotopic (exact) mass is 310 g/mol. The van der Waals surface area contributed by atoms with Gasteiger partial charge in [-0.1, -0.05) is 47.5 Å². The van der Waals surface area contributed by atoms with Gasteiger partial charge in [-0.3, -0.25) is 0 Å². The number of benzene rings is 2. The second-order valence-electron chi connectivity index (χ2n) is 4.74. The predicted octanol–water partition coefficient (Wildman–Crippen LogP) is 4.86. The van der Waals surface area contributed by atoms with Gasteiger partial charge in [0.15, 0.2) is 0 Å². The van der Waals surface area contributed by atoms with Gasteiger partial charge in [-0.2, -0.15) is 0 Å². The topological polar surface area (TPSA) is 29.5 Å². The second-order valence-corrected chi connectivity index (χ2v) is 5.56. The van der Waals surface area contributed by atoms with Crippen molar-refractivity contribution >= 4 is 23.2 Å². The summed E-state index contributed by atoms with van der Waals surface area (Å²) in [5.41, 5.74) is 1.15. The lowest BCUT2D eigenvalue weighted by Gasteiger charge is -2.19. The normalized spacial score (nSPS) is 12.5. The number of hydrogen-bond donors (Lipinski definition) is 1. The molecule has 106 valence electrons. The Balaban J connectivity index is 2.46. The van der Waals surface area contributed by atoms with Gasteiger partial charge in [0.1, 0.15) is 11.9 Å². The molecule has 2 aromatic rings. The van der Waals surface area contributed by atoms with Crippen LogP contribution in [0.5, 0.6) is 5.75 Å². The van der Waals surface area contributed by atoms with E-state index in [0.29, 0.717) is 26.9 Å². The van der Waals surface area contributed by atoms with Crippen molar-refractivity contribution in [3.8, 4) is 5.75 Å². The molecule has 2 nitrogen and oxygen atoms in total. The molecule has 0 heterocycles. The van der Waals surface area contributed by atoms with E-state index in [-0.39, 0.29) is 6.10 Å². The smallest absolute Gasteiger partial charge is 0.125 e. The number of hydrogen-bond acceptors (Lipinski definition) is 2. The van der Waals surface area contributed by atoms with Crippen LogP contribution in [0, 0.1) is 0 Å². The Labute approximate surface area is 128 Å². The lowest BCUT2D eigenvalue weighted by molar-refractivity contribution is 0.198. The Morgan fingerprint density at radius 1 is 0.950 bits per heavy atom. The number of ether oxygens (including phenoxy) is 1. The van der Waals surface area contributed by atoms with Gasteiger partial charge in [0.05, 0.1) is 6.10 Å². The Morgan fingerprint density at radius 3 is 2.15 bits per heavy atom. The summed E-state index contributed by atoms with van der Waals surface area (Å²) in [5, 5.41) is 11.5. The fraction of sp³-hybridized carbons (Fsp3) is 0.250. The predicted molar refractivity (Wildman–Crippen MR) is 82.7 cm³/mol. The highest BCUT2D eigenvalue weighted by Crippen LogP contribution is 2.37. The molecule has 0 saturated heterocycles. The molecule has 0 fully saturated rings. The van der Waals surface area contributed by atoms with Gasteiger partial charge in [0.25, 0.3) is 0 Å². The molecule has 0 aliphatic heterocycles. The SMILES string of the molecule is CC(C)Oc1ccccc1C(O)c1c(Cl)cccc1Cl. The van der Waals surface area contributed by atoms with E-state index >= 15 is 0 Å². The highest BCUT2D eigenvalue weighted by Gasteiger charge is 2.20. The molecule has 0 spiro atoms. The van der Waals surface area contributed by atoms with Gasteiger partial charge in [-0.15, -0.1) is 0 Å². The molecule has 0 saturated carbocycles. The van der Waals surface area contributed by atoms with E-state index in [1.807, 2.05) is 38.1 Å². The molecule has 0 bridgehead atoms. The maximum Gasteiger partial charge on any atom is 0.125 e. The Kier molecular flexibility index (Phi) is 4.92. The molecule has 2 aromatic carbocycles.